The minimum Gasteiger partial charge on any atom is -0.345 e. The topological polar surface area (TPSA) is 64.0 Å². The summed E-state index contributed by atoms with van der Waals surface area (Å²) in [7, 11) is 0. The first-order valence-corrected chi connectivity index (χ1v) is 9.83. The van der Waals surface area contributed by atoms with Crippen LogP contribution in [-0.4, -0.2) is 21.2 Å². The van der Waals surface area contributed by atoms with Gasteiger partial charge in [0.2, 0.25) is 0 Å². The van der Waals surface area contributed by atoms with Crippen LogP contribution in [0.1, 0.15) is 27.5 Å². The molecule has 4 rings (SSSR count). The number of aromatic nitrogens is 2. The van der Waals surface area contributed by atoms with Crippen molar-refractivity contribution in [2.75, 3.05) is 5.75 Å². The van der Waals surface area contributed by atoms with Crippen molar-refractivity contribution in [3.8, 4) is 0 Å². The molecule has 0 spiro atoms. The largest absolute Gasteiger partial charge is 0.345 e. The van der Waals surface area contributed by atoms with Crippen LogP contribution in [-0.2, 0) is 13.0 Å². The quantitative estimate of drug-likeness (QED) is 0.694. The molecule has 2 heterocycles. The summed E-state index contributed by atoms with van der Waals surface area (Å²) in [5.41, 5.74) is 1.94. The highest BCUT2D eigenvalue weighted by atomic mass is 32.2. The van der Waals surface area contributed by atoms with Crippen molar-refractivity contribution in [1.29, 1.82) is 0 Å². The number of thioether (sulfide) groups is 1. The fourth-order valence-corrected chi connectivity index (χ4v) is 4.11. The number of nitrogens with zero attached hydrogens (tertiary/aromatic N) is 2. The van der Waals surface area contributed by atoms with E-state index in [2.05, 4.69) is 10.3 Å². The summed E-state index contributed by atoms with van der Waals surface area (Å²) < 4.78 is 1.58. The fraction of sp³-hybridized carbons (Fsp3) is 0.190. The SMILES string of the molecule is O=C(N[C@H](Cc1ccccc1)c1ccccc1)c1cnc2n(c1=O)CCS2. The molecule has 1 N–H and O–H groups in total. The molecule has 0 saturated carbocycles. The summed E-state index contributed by atoms with van der Waals surface area (Å²) >= 11 is 1.54. The van der Waals surface area contributed by atoms with Crippen LogP contribution in [0.15, 0.2) is 76.8 Å². The van der Waals surface area contributed by atoms with E-state index in [-0.39, 0.29) is 23.1 Å². The average Bonchev–Trinajstić information content (AvgIpc) is 3.19. The Kier molecular flexibility index (Phi) is 5.07. The van der Waals surface area contributed by atoms with Gasteiger partial charge in [0.05, 0.1) is 6.04 Å². The Morgan fingerprint density at radius 2 is 1.81 bits per heavy atom. The summed E-state index contributed by atoms with van der Waals surface area (Å²) in [5.74, 6) is 0.429. The van der Waals surface area contributed by atoms with Crippen LogP contribution in [0.5, 0.6) is 0 Å². The number of benzene rings is 2. The van der Waals surface area contributed by atoms with Crippen molar-refractivity contribution in [2.24, 2.45) is 0 Å². The van der Waals surface area contributed by atoms with E-state index < -0.39 is 0 Å². The monoisotopic (exact) mass is 377 g/mol. The highest BCUT2D eigenvalue weighted by molar-refractivity contribution is 7.99. The third-order valence-corrected chi connectivity index (χ3v) is 5.56. The Morgan fingerprint density at radius 3 is 2.56 bits per heavy atom. The van der Waals surface area contributed by atoms with Crippen molar-refractivity contribution >= 4 is 17.7 Å². The first-order valence-electron chi connectivity index (χ1n) is 8.85. The summed E-state index contributed by atoms with van der Waals surface area (Å²) in [5, 5.41) is 3.71. The molecule has 1 aliphatic heterocycles. The van der Waals surface area contributed by atoms with E-state index in [1.807, 2.05) is 60.7 Å². The molecule has 0 saturated heterocycles. The van der Waals surface area contributed by atoms with Crippen molar-refractivity contribution < 1.29 is 4.79 Å². The van der Waals surface area contributed by atoms with Crippen LogP contribution in [0.3, 0.4) is 0 Å². The molecule has 1 amide bonds. The maximum Gasteiger partial charge on any atom is 0.267 e. The van der Waals surface area contributed by atoms with Crippen LogP contribution >= 0.6 is 11.8 Å². The number of carbonyl (C=O) groups excluding carboxylic acids is 1. The molecule has 27 heavy (non-hydrogen) atoms. The zero-order valence-electron chi connectivity index (χ0n) is 14.7. The highest BCUT2D eigenvalue weighted by Crippen LogP contribution is 2.21. The van der Waals surface area contributed by atoms with E-state index in [9.17, 15) is 9.59 Å². The Bertz CT molecular complexity index is 1000. The molecule has 6 heteroatoms. The van der Waals surface area contributed by atoms with E-state index in [0.717, 1.165) is 16.9 Å². The van der Waals surface area contributed by atoms with Gasteiger partial charge in [-0.05, 0) is 17.5 Å². The molecule has 2 aromatic carbocycles. The van der Waals surface area contributed by atoms with Crippen LogP contribution in [0.25, 0.3) is 0 Å². The number of amides is 1. The van der Waals surface area contributed by atoms with Crippen LogP contribution in [0.2, 0.25) is 0 Å². The van der Waals surface area contributed by atoms with Gasteiger partial charge in [0.25, 0.3) is 11.5 Å². The summed E-state index contributed by atoms with van der Waals surface area (Å²) in [6.07, 6.45) is 2.04. The number of fused-ring (bicyclic) bond motifs is 1. The Balaban J connectivity index is 1.62. The van der Waals surface area contributed by atoms with Gasteiger partial charge in [-0.1, -0.05) is 72.4 Å². The van der Waals surface area contributed by atoms with E-state index in [1.165, 1.54) is 18.0 Å². The maximum atomic E-state index is 12.9. The molecule has 0 bridgehead atoms. The average molecular weight is 377 g/mol. The smallest absolute Gasteiger partial charge is 0.267 e. The van der Waals surface area contributed by atoms with Gasteiger partial charge in [-0.25, -0.2) is 4.98 Å². The normalized spacial score (nSPS) is 13.8. The van der Waals surface area contributed by atoms with Crippen molar-refractivity contribution in [3.05, 3.63) is 93.9 Å². The van der Waals surface area contributed by atoms with Gasteiger partial charge in [-0.3, -0.25) is 14.2 Å². The molecule has 0 aliphatic carbocycles. The first-order chi connectivity index (χ1) is 13.2. The van der Waals surface area contributed by atoms with Gasteiger partial charge >= 0.3 is 0 Å². The molecule has 5 nitrogen and oxygen atoms in total. The fourth-order valence-electron chi connectivity index (χ4n) is 3.20. The van der Waals surface area contributed by atoms with E-state index >= 15 is 0 Å². The van der Waals surface area contributed by atoms with Gasteiger partial charge in [0.1, 0.15) is 5.56 Å². The minimum atomic E-state index is -0.385. The molecule has 1 aromatic heterocycles. The molecule has 0 unspecified atom stereocenters. The molecular formula is C21H19N3O2S. The lowest BCUT2D eigenvalue weighted by atomic mass is 9.98. The number of carbonyl (C=O) groups is 1. The Hall–Kier alpha value is -2.86. The molecule has 3 aromatic rings. The van der Waals surface area contributed by atoms with Crippen LogP contribution < -0.4 is 10.9 Å². The number of nitrogens with one attached hydrogen (secondary N) is 1. The lowest BCUT2D eigenvalue weighted by Gasteiger charge is -2.19. The second-order valence-corrected chi connectivity index (χ2v) is 7.45. The Morgan fingerprint density at radius 1 is 1.11 bits per heavy atom. The zero-order chi connectivity index (χ0) is 18.6. The number of hydrogen-bond acceptors (Lipinski definition) is 4. The molecule has 1 atom stereocenters. The highest BCUT2D eigenvalue weighted by Gasteiger charge is 2.22. The summed E-state index contributed by atoms with van der Waals surface area (Å²) in [6.45, 7) is 0.596. The van der Waals surface area contributed by atoms with Gasteiger partial charge in [0.15, 0.2) is 5.16 Å². The standard InChI is InChI=1S/C21H19N3O2S/c25-19(17-14-22-21-24(20(17)26)11-12-27-21)23-18(16-9-5-2-6-10-16)13-15-7-3-1-4-8-15/h1-10,14,18H,11-13H2,(H,23,25)/t18-/m1/s1. The van der Waals surface area contributed by atoms with Crippen molar-refractivity contribution in [2.45, 2.75) is 24.2 Å². The predicted molar refractivity (Wildman–Crippen MR) is 106 cm³/mol. The lowest BCUT2D eigenvalue weighted by molar-refractivity contribution is 0.0933. The maximum absolute atomic E-state index is 12.9. The molecular weight excluding hydrogens is 358 g/mol. The number of rotatable bonds is 5. The zero-order valence-corrected chi connectivity index (χ0v) is 15.5. The minimum absolute atomic E-state index is 0.0928. The first kappa shape index (κ1) is 17.5. The second-order valence-electron chi connectivity index (χ2n) is 6.39. The van der Waals surface area contributed by atoms with Crippen LogP contribution in [0, 0.1) is 0 Å². The van der Waals surface area contributed by atoms with E-state index in [4.69, 9.17) is 0 Å². The lowest BCUT2D eigenvalue weighted by Crippen LogP contribution is -2.36. The van der Waals surface area contributed by atoms with E-state index in [1.54, 1.807) is 4.57 Å². The number of hydrogen-bond donors (Lipinski definition) is 1. The van der Waals surface area contributed by atoms with Crippen LogP contribution in [0.4, 0.5) is 0 Å². The van der Waals surface area contributed by atoms with E-state index in [0.29, 0.717) is 18.1 Å². The van der Waals surface area contributed by atoms with Crippen molar-refractivity contribution in [3.63, 3.8) is 0 Å². The van der Waals surface area contributed by atoms with Gasteiger partial charge in [-0.2, -0.15) is 0 Å². The summed E-state index contributed by atoms with van der Waals surface area (Å²) in [6, 6.07) is 19.6. The molecule has 0 fully saturated rings. The molecule has 1 aliphatic rings. The van der Waals surface area contributed by atoms with Crippen molar-refractivity contribution in [1.82, 2.24) is 14.9 Å². The third-order valence-electron chi connectivity index (χ3n) is 4.59. The molecule has 136 valence electrons. The van der Waals surface area contributed by atoms with Gasteiger partial charge in [-0.15, -0.1) is 0 Å². The molecule has 0 radical (unpaired) electrons. The summed E-state index contributed by atoms with van der Waals surface area (Å²) in [4.78, 5) is 29.8. The van der Waals surface area contributed by atoms with Gasteiger partial charge in [0, 0.05) is 18.5 Å². The predicted octanol–water partition coefficient (Wildman–Crippen LogP) is 3.06. The van der Waals surface area contributed by atoms with Gasteiger partial charge < -0.3 is 5.32 Å². The third kappa shape index (κ3) is 3.80. The Labute approximate surface area is 161 Å². The second kappa shape index (κ2) is 7.80.